The molecule has 2 rings (SSSR count). The van der Waals surface area contributed by atoms with Crippen LogP contribution in [-0.2, 0) is 8.94 Å². The Hall–Kier alpha value is 0.00961. The summed E-state index contributed by atoms with van der Waals surface area (Å²) in [4.78, 5) is 0. The molecule has 1 aliphatic heterocycles. The van der Waals surface area contributed by atoms with Crippen LogP contribution in [0, 0.1) is 0 Å². The Kier molecular flexibility index (Phi) is 1.49. The minimum absolute atomic E-state index is 0.358. The monoisotopic (exact) mass is 234 g/mol. The second-order valence-electron chi connectivity index (χ2n) is 2.26. The normalized spacial score (nSPS) is 15.6. The summed E-state index contributed by atoms with van der Waals surface area (Å²) < 4.78 is 2.86. The molecule has 1 aromatic rings. The van der Waals surface area contributed by atoms with Crippen molar-refractivity contribution in [3.05, 3.63) is 35.4 Å². The van der Waals surface area contributed by atoms with Gasteiger partial charge in [0.25, 0.3) is 0 Å². The molecule has 0 nitrogen and oxygen atoms in total. The third-order valence-electron chi connectivity index (χ3n) is 1.63. The Balaban J connectivity index is 2.54. The second kappa shape index (κ2) is 2.33. The summed E-state index contributed by atoms with van der Waals surface area (Å²) >= 11 is 0.358. The second-order valence-corrected chi connectivity index (χ2v) is 5.07. The van der Waals surface area contributed by atoms with Gasteiger partial charge in [0, 0.05) is 0 Å². The van der Waals surface area contributed by atoms with Gasteiger partial charge in [-0.2, -0.15) is 0 Å². The fourth-order valence-electron chi connectivity index (χ4n) is 1.11. The Bertz CT molecular complexity index is 195. The fraction of sp³-hybridized carbons (Fsp3) is 0.250. The molecule has 9 heavy (non-hydrogen) atoms. The summed E-state index contributed by atoms with van der Waals surface area (Å²) in [6.07, 6.45) is 0. The van der Waals surface area contributed by atoms with Gasteiger partial charge in [-0.3, -0.25) is 0 Å². The van der Waals surface area contributed by atoms with Crippen molar-refractivity contribution in [3.8, 4) is 0 Å². The standard InChI is InChI=1S/C8H8Te/c1-2-4-8-6-9-5-7(8)3-1/h1-4H,5-6H2. The summed E-state index contributed by atoms with van der Waals surface area (Å²) in [6, 6.07) is 8.84. The molecule has 1 aliphatic rings. The van der Waals surface area contributed by atoms with Crippen molar-refractivity contribution in [1.82, 2.24) is 0 Å². The van der Waals surface area contributed by atoms with E-state index >= 15 is 0 Å². The fourth-order valence-corrected chi connectivity index (χ4v) is 4.26. The number of hydrogen-bond donors (Lipinski definition) is 0. The molecule has 0 atom stereocenters. The van der Waals surface area contributed by atoms with E-state index in [2.05, 4.69) is 24.3 Å². The van der Waals surface area contributed by atoms with Gasteiger partial charge >= 0.3 is 65.3 Å². The zero-order valence-electron chi connectivity index (χ0n) is 5.13. The van der Waals surface area contributed by atoms with Crippen LogP contribution in [0.5, 0.6) is 0 Å². The molecule has 1 aromatic carbocycles. The van der Waals surface area contributed by atoms with Crippen LogP contribution in [0.15, 0.2) is 24.3 Å². The van der Waals surface area contributed by atoms with Crippen LogP contribution in [0.4, 0.5) is 0 Å². The van der Waals surface area contributed by atoms with E-state index in [9.17, 15) is 0 Å². The molecule has 0 bridgehead atoms. The van der Waals surface area contributed by atoms with Crippen LogP contribution in [0.25, 0.3) is 0 Å². The van der Waals surface area contributed by atoms with Crippen molar-refractivity contribution in [1.29, 1.82) is 0 Å². The summed E-state index contributed by atoms with van der Waals surface area (Å²) in [5.41, 5.74) is 3.25. The van der Waals surface area contributed by atoms with Gasteiger partial charge in [0.15, 0.2) is 0 Å². The average Bonchev–Trinajstić information content (AvgIpc) is 2.33. The third-order valence-corrected chi connectivity index (χ3v) is 4.57. The van der Waals surface area contributed by atoms with E-state index in [1.54, 1.807) is 11.1 Å². The van der Waals surface area contributed by atoms with Crippen LogP contribution >= 0.6 is 0 Å². The predicted octanol–water partition coefficient (Wildman–Crippen LogP) is 1.40. The van der Waals surface area contributed by atoms with Crippen molar-refractivity contribution >= 4 is 20.9 Å². The van der Waals surface area contributed by atoms with Crippen LogP contribution in [0.1, 0.15) is 11.1 Å². The zero-order chi connectivity index (χ0) is 6.10. The summed E-state index contributed by atoms with van der Waals surface area (Å²) in [5.74, 6) is 0. The van der Waals surface area contributed by atoms with Crippen molar-refractivity contribution in [2.24, 2.45) is 0 Å². The number of fused-ring (bicyclic) bond motifs is 1. The van der Waals surface area contributed by atoms with E-state index < -0.39 is 0 Å². The van der Waals surface area contributed by atoms with E-state index in [1.165, 1.54) is 8.94 Å². The molecule has 0 saturated carbocycles. The van der Waals surface area contributed by atoms with E-state index in [1.807, 2.05) is 0 Å². The number of benzene rings is 1. The number of rotatable bonds is 0. The van der Waals surface area contributed by atoms with Gasteiger partial charge in [-0.1, -0.05) is 0 Å². The Morgan fingerprint density at radius 2 is 1.56 bits per heavy atom. The van der Waals surface area contributed by atoms with Crippen LogP contribution < -0.4 is 0 Å². The van der Waals surface area contributed by atoms with Crippen molar-refractivity contribution in [3.63, 3.8) is 0 Å². The first-order valence-electron chi connectivity index (χ1n) is 3.11. The molecule has 0 radical (unpaired) electrons. The maximum atomic E-state index is 2.27. The van der Waals surface area contributed by atoms with Gasteiger partial charge in [0.2, 0.25) is 0 Å². The molecular weight excluding hydrogens is 224 g/mol. The van der Waals surface area contributed by atoms with E-state index in [-0.39, 0.29) is 0 Å². The molecule has 0 amide bonds. The van der Waals surface area contributed by atoms with Gasteiger partial charge in [0.1, 0.15) is 0 Å². The van der Waals surface area contributed by atoms with Crippen molar-refractivity contribution in [2.45, 2.75) is 8.94 Å². The van der Waals surface area contributed by atoms with Gasteiger partial charge in [-0.05, 0) is 0 Å². The molecule has 1 heteroatoms. The third kappa shape index (κ3) is 1.000. The predicted molar refractivity (Wildman–Crippen MR) is 39.6 cm³/mol. The molecule has 0 aliphatic carbocycles. The van der Waals surface area contributed by atoms with Crippen LogP contribution in [0.2, 0.25) is 0 Å². The molecule has 0 aromatic heterocycles. The van der Waals surface area contributed by atoms with Gasteiger partial charge < -0.3 is 0 Å². The van der Waals surface area contributed by atoms with E-state index in [4.69, 9.17) is 0 Å². The molecule has 0 fully saturated rings. The van der Waals surface area contributed by atoms with Gasteiger partial charge in [0.05, 0.1) is 0 Å². The quantitative estimate of drug-likeness (QED) is 0.593. The Labute approximate surface area is 65.4 Å². The molecular formula is C8H8Te. The van der Waals surface area contributed by atoms with Crippen molar-refractivity contribution in [2.75, 3.05) is 0 Å². The van der Waals surface area contributed by atoms with Gasteiger partial charge in [-0.25, -0.2) is 0 Å². The Morgan fingerprint density at radius 3 is 2.11 bits per heavy atom. The van der Waals surface area contributed by atoms with Crippen LogP contribution in [0.3, 0.4) is 0 Å². The molecule has 1 heterocycles. The summed E-state index contributed by atoms with van der Waals surface area (Å²) in [7, 11) is 0. The van der Waals surface area contributed by atoms with E-state index in [0.717, 1.165) is 0 Å². The van der Waals surface area contributed by atoms with Crippen molar-refractivity contribution < 1.29 is 0 Å². The molecule has 0 N–H and O–H groups in total. The topological polar surface area (TPSA) is 0 Å². The summed E-state index contributed by atoms with van der Waals surface area (Å²) in [6.45, 7) is 0. The SMILES string of the molecule is c1ccc2c(c1)C[Te]C2. The number of hydrogen-bond acceptors (Lipinski definition) is 0. The minimum atomic E-state index is 0.358. The Morgan fingerprint density at radius 1 is 1.00 bits per heavy atom. The van der Waals surface area contributed by atoms with Crippen LogP contribution in [-0.4, -0.2) is 20.9 Å². The first-order valence-corrected chi connectivity index (χ1v) is 6.41. The average molecular weight is 232 g/mol. The zero-order valence-corrected chi connectivity index (χ0v) is 7.46. The van der Waals surface area contributed by atoms with Gasteiger partial charge in [-0.15, -0.1) is 0 Å². The molecule has 46 valence electrons. The first kappa shape index (κ1) is 5.77. The van der Waals surface area contributed by atoms with E-state index in [0.29, 0.717) is 20.9 Å². The molecule has 0 spiro atoms. The maximum absolute atomic E-state index is 2.27. The molecule has 0 unspecified atom stereocenters. The first-order chi connectivity index (χ1) is 4.47. The summed E-state index contributed by atoms with van der Waals surface area (Å²) in [5, 5.41) is 0. The molecule has 0 saturated heterocycles.